The highest BCUT2D eigenvalue weighted by Crippen LogP contribution is 2.40. The topological polar surface area (TPSA) is 55.8 Å². The van der Waals surface area contributed by atoms with Crippen LogP contribution in [0.25, 0.3) is 0 Å². The van der Waals surface area contributed by atoms with E-state index in [4.69, 9.17) is 9.47 Å². The van der Waals surface area contributed by atoms with Crippen LogP contribution in [0.1, 0.15) is 52.9 Å². The normalized spacial score (nSPS) is 29.8. The largest absolute Gasteiger partial charge is 0.467 e. The Hall–Kier alpha value is -1.26. The molecular formula is C15H25NO4. The van der Waals surface area contributed by atoms with Crippen molar-refractivity contribution in [2.24, 2.45) is 5.92 Å². The SMILES string of the molecule is COC(=O)C1CC2CCCCC2N1C(=O)OC(C)(C)C. The van der Waals surface area contributed by atoms with Gasteiger partial charge >= 0.3 is 12.1 Å². The number of hydrogen-bond acceptors (Lipinski definition) is 4. The van der Waals surface area contributed by atoms with E-state index in [0.29, 0.717) is 12.3 Å². The minimum atomic E-state index is -0.551. The van der Waals surface area contributed by atoms with Crippen molar-refractivity contribution in [3.8, 4) is 0 Å². The van der Waals surface area contributed by atoms with Gasteiger partial charge in [0.2, 0.25) is 0 Å². The minimum Gasteiger partial charge on any atom is -0.467 e. The first-order valence-electron chi connectivity index (χ1n) is 7.42. The summed E-state index contributed by atoms with van der Waals surface area (Å²) in [6.45, 7) is 5.52. The van der Waals surface area contributed by atoms with E-state index in [9.17, 15) is 9.59 Å². The molecule has 5 heteroatoms. The van der Waals surface area contributed by atoms with Crippen LogP contribution in [0.4, 0.5) is 4.79 Å². The van der Waals surface area contributed by atoms with Crippen molar-refractivity contribution in [2.45, 2.75) is 70.6 Å². The Morgan fingerprint density at radius 1 is 1.15 bits per heavy atom. The van der Waals surface area contributed by atoms with Crippen molar-refractivity contribution in [3.63, 3.8) is 0 Å². The maximum Gasteiger partial charge on any atom is 0.411 e. The van der Waals surface area contributed by atoms with Gasteiger partial charge in [-0.3, -0.25) is 4.90 Å². The molecule has 5 nitrogen and oxygen atoms in total. The van der Waals surface area contributed by atoms with Crippen LogP contribution in [0, 0.1) is 5.92 Å². The number of nitrogens with zero attached hydrogens (tertiary/aromatic N) is 1. The summed E-state index contributed by atoms with van der Waals surface area (Å²) in [4.78, 5) is 26.0. The summed E-state index contributed by atoms with van der Waals surface area (Å²) in [5.74, 6) is 0.0747. The Kier molecular flexibility index (Phi) is 4.25. The first-order chi connectivity index (χ1) is 9.33. The lowest BCUT2D eigenvalue weighted by atomic mass is 9.85. The summed E-state index contributed by atoms with van der Waals surface area (Å²) in [6.07, 6.45) is 4.64. The van der Waals surface area contributed by atoms with Crippen LogP contribution in [0.2, 0.25) is 0 Å². The van der Waals surface area contributed by atoms with Crippen LogP contribution in [-0.2, 0) is 14.3 Å². The molecule has 114 valence electrons. The molecule has 1 aliphatic carbocycles. The molecular weight excluding hydrogens is 258 g/mol. The lowest BCUT2D eigenvalue weighted by molar-refractivity contribution is -0.146. The van der Waals surface area contributed by atoms with Gasteiger partial charge in [0.25, 0.3) is 0 Å². The van der Waals surface area contributed by atoms with Crippen LogP contribution < -0.4 is 0 Å². The van der Waals surface area contributed by atoms with E-state index < -0.39 is 11.6 Å². The molecule has 0 aromatic rings. The van der Waals surface area contributed by atoms with E-state index in [-0.39, 0.29) is 18.1 Å². The third kappa shape index (κ3) is 3.07. The van der Waals surface area contributed by atoms with Gasteiger partial charge in [0.1, 0.15) is 11.6 Å². The second-order valence-corrected chi connectivity index (χ2v) is 6.77. The average molecular weight is 283 g/mol. The molecule has 0 spiro atoms. The number of hydrogen-bond donors (Lipinski definition) is 0. The Bertz CT molecular complexity index is 388. The Balaban J connectivity index is 2.19. The van der Waals surface area contributed by atoms with Crippen molar-refractivity contribution >= 4 is 12.1 Å². The standard InChI is InChI=1S/C15H25NO4/c1-15(2,3)20-14(18)16-11-8-6-5-7-10(11)9-12(16)13(17)19-4/h10-12H,5-9H2,1-4H3. The van der Waals surface area contributed by atoms with E-state index in [2.05, 4.69) is 0 Å². The molecule has 0 bridgehead atoms. The first-order valence-corrected chi connectivity index (χ1v) is 7.42. The zero-order valence-electron chi connectivity index (χ0n) is 12.8. The van der Waals surface area contributed by atoms with Crippen LogP contribution >= 0.6 is 0 Å². The quantitative estimate of drug-likeness (QED) is 0.694. The smallest absolute Gasteiger partial charge is 0.411 e. The van der Waals surface area contributed by atoms with Crippen LogP contribution in [0.5, 0.6) is 0 Å². The third-order valence-electron chi connectivity index (χ3n) is 4.17. The number of esters is 1. The number of fused-ring (bicyclic) bond motifs is 1. The van der Waals surface area contributed by atoms with Crippen molar-refractivity contribution in [1.29, 1.82) is 0 Å². The fourth-order valence-electron chi connectivity index (χ4n) is 3.38. The van der Waals surface area contributed by atoms with Crippen molar-refractivity contribution in [2.75, 3.05) is 7.11 Å². The summed E-state index contributed by atoms with van der Waals surface area (Å²) >= 11 is 0. The summed E-state index contributed by atoms with van der Waals surface area (Å²) in [6, 6.07) is -0.356. The average Bonchev–Trinajstić information content (AvgIpc) is 2.75. The number of likely N-dealkylation sites (tertiary alicyclic amines) is 1. The molecule has 0 aromatic carbocycles. The number of rotatable bonds is 1. The second-order valence-electron chi connectivity index (χ2n) is 6.77. The molecule has 1 amide bonds. The summed E-state index contributed by atoms with van der Waals surface area (Å²) < 4.78 is 10.3. The molecule has 3 unspecified atom stereocenters. The van der Waals surface area contributed by atoms with Crippen molar-refractivity contribution < 1.29 is 19.1 Å². The molecule has 0 N–H and O–H groups in total. The fraction of sp³-hybridized carbons (Fsp3) is 0.867. The number of methoxy groups -OCH3 is 1. The number of amides is 1. The maximum absolute atomic E-state index is 12.4. The van der Waals surface area contributed by atoms with Gasteiger partial charge in [0.05, 0.1) is 7.11 Å². The number of carbonyl (C=O) groups is 2. The fourth-order valence-corrected chi connectivity index (χ4v) is 3.38. The van der Waals surface area contributed by atoms with E-state index in [1.54, 1.807) is 4.90 Å². The van der Waals surface area contributed by atoms with E-state index in [1.807, 2.05) is 20.8 Å². The monoisotopic (exact) mass is 283 g/mol. The number of carbonyl (C=O) groups excluding carboxylic acids is 2. The highest BCUT2D eigenvalue weighted by atomic mass is 16.6. The van der Waals surface area contributed by atoms with Gasteiger partial charge in [-0.05, 0) is 46.0 Å². The first kappa shape index (κ1) is 15.1. The molecule has 2 aliphatic rings. The number of ether oxygens (including phenoxy) is 2. The molecule has 2 fully saturated rings. The molecule has 0 aromatic heterocycles. The Labute approximate surface area is 120 Å². The zero-order chi connectivity index (χ0) is 14.9. The maximum atomic E-state index is 12.4. The Morgan fingerprint density at radius 3 is 2.40 bits per heavy atom. The lowest BCUT2D eigenvalue weighted by Crippen LogP contribution is -2.48. The third-order valence-corrected chi connectivity index (χ3v) is 4.17. The minimum absolute atomic E-state index is 0.127. The van der Waals surface area contributed by atoms with Crippen molar-refractivity contribution in [1.82, 2.24) is 4.90 Å². The van der Waals surface area contributed by atoms with Gasteiger partial charge in [0.15, 0.2) is 0 Å². The lowest BCUT2D eigenvalue weighted by Gasteiger charge is -2.34. The van der Waals surface area contributed by atoms with Gasteiger partial charge in [-0.2, -0.15) is 0 Å². The molecule has 1 heterocycles. The van der Waals surface area contributed by atoms with Crippen LogP contribution in [0.15, 0.2) is 0 Å². The van der Waals surface area contributed by atoms with Crippen LogP contribution in [0.3, 0.4) is 0 Å². The van der Waals surface area contributed by atoms with E-state index >= 15 is 0 Å². The van der Waals surface area contributed by atoms with Crippen LogP contribution in [-0.4, -0.2) is 41.8 Å². The molecule has 20 heavy (non-hydrogen) atoms. The summed E-state index contributed by atoms with van der Waals surface area (Å²) in [7, 11) is 1.37. The van der Waals surface area contributed by atoms with Crippen molar-refractivity contribution in [3.05, 3.63) is 0 Å². The molecule has 1 saturated heterocycles. The molecule has 2 rings (SSSR count). The van der Waals surface area contributed by atoms with E-state index in [1.165, 1.54) is 13.5 Å². The second kappa shape index (κ2) is 5.62. The molecule has 0 radical (unpaired) electrons. The molecule has 1 aliphatic heterocycles. The van der Waals surface area contributed by atoms with Gasteiger partial charge < -0.3 is 9.47 Å². The van der Waals surface area contributed by atoms with E-state index in [0.717, 1.165) is 19.3 Å². The predicted octanol–water partition coefficient (Wildman–Crippen LogP) is 2.73. The summed E-state index contributed by atoms with van der Waals surface area (Å²) in [5, 5.41) is 0. The molecule has 1 saturated carbocycles. The Morgan fingerprint density at radius 2 is 1.80 bits per heavy atom. The summed E-state index contributed by atoms with van der Waals surface area (Å²) in [5.41, 5.74) is -0.551. The molecule has 3 atom stereocenters. The van der Waals surface area contributed by atoms with Gasteiger partial charge in [-0.1, -0.05) is 12.8 Å². The van der Waals surface area contributed by atoms with Gasteiger partial charge in [-0.25, -0.2) is 9.59 Å². The van der Waals surface area contributed by atoms with Gasteiger partial charge in [0, 0.05) is 6.04 Å². The van der Waals surface area contributed by atoms with Gasteiger partial charge in [-0.15, -0.1) is 0 Å². The highest BCUT2D eigenvalue weighted by molar-refractivity contribution is 5.82. The zero-order valence-corrected chi connectivity index (χ0v) is 12.8. The highest BCUT2D eigenvalue weighted by Gasteiger charge is 2.49. The predicted molar refractivity (Wildman–Crippen MR) is 74.2 cm³/mol.